The summed E-state index contributed by atoms with van der Waals surface area (Å²) >= 11 is 1.51. The summed E-state index contributed by atoms with van der Waals surface area (Å²) in [6, 6.07) is 10.2. The maximum Gasteiger partial charge on any atom is 0.190 e. The van der Waals surface area contributed by atoms with E-state index >= 15 is 0 Å². The highest BCUT2D eigenvalue weighted by molar-refractivity contribution is 8.03. The van der Waals surface area contributed by atoms with E-state index < -0.39 is 0 Å². The first-order valence-corrected chi connectivity index (χ1v) is 9.21. The van der Waals surface area contributed by atoms with Crippen molar-refractivity contribution in [2.45, 2.75) is 25.2 Å². The number of nitrogens with zero attached hydrogens (tertiary/aromatic N) is 3. The van der Waals surface area contributed by atoms with Gasteiger partial charge in [0.25, 0.3) is 0 Å². The lowest BCUT2D eigenvalue weighted by Gasteiger charge is -2.34. The minimum atomic E-state index is -0.0686. The van der Waals surface area contributed by atoms with E-state index in [1.807, 2.05) is 36.2 Å². The number of piperidine rings is 1. The number of ketones is 1. The molecule has 1 fully saturated rings. The van der Waals surface area contributed by atoms with E-state index in [9.17, 15) is 10.1 Å². The fourth-order valence-corrected chi connectivity index (χ4v) is 4.92. The van der Waals surface area contributed by atoms with Crippen molar-refractivity contribution < 1.29 is 4.79 Å². The van der Waals surface area contributed by atoms with Crippen LogP contribution in [0.25, 0.3) is 0 Å². The van der Waals surface area contributed by atoms with Gasteiger partial charge in [-0.1, -0.05) is 37.7 Å². The maximum absolute atomic E-state index is 12.8. The molecule has 0 bridgehead atoms. The van der Waals surface area contributed by atoms with Gasteiger partial charge in [0.15, 0.2) is 5.78 Å². The molecule has 0 saturated carbocycles. The molecule has 2 aliphatic heterocycles. The van der Waals surface area contributed by atoms with E-state index in [0.717, 1.165) is 28.7 Å². The van der Waals surface area contributed by atoms with Gasteiger partial charge in [-0.25, -0.2) is 0 Å². The number of thioether (sulfide) groups is 1. The quantitative estimate of drug-likeness (QED) is 0.622. The number of carbonyl (C=O) groups is 1. The predicted octanol–water partition coefficient (Wildman–Crippen LogP) is 3.51. The van der Waals surface area contributed by atoms with Gasteiger partial charge in [-0.2, -0.15) is 5.26 Å². The van der Waals surface area contributed by atoms with Crippen LogP contribution in [0, 0.1) is 23.2 Å². The first kappa shape index (κ1) is 17.1. The van der Waals surface area contributed by atoms with Gasteiger partial charge in [-0.05, 0) is 30.4 Å². The molecule has 2 atom stereocenters. The highest BCUT2D eigenvalue weighted by Gasteiger charge is 2.30. The van der Waals surface area contributed by atoms with Crippen LogP contribution in [0.5, 0.6) is 0 Å². The first-order chi connectivity index (χ1) is 11.5. The fourth-order valence-electron chi connectivity index (χ4n) is 3.75. The number of para-hydroxylation sites is 1. The molecule has 1 aromatic carbocycles. The van der Waals surface area contributed by atoms with E-state index in [2.05, 4.69) is 24.8 Å². The molecule has 0 unspecified atom stereocenters. The SMILES string of the molecule is C[C@H]1C[C@H](C)CN(CC(=O)/C(C#N)=C2\Sc3ccccc3N2C)C1. The van der Waals surface area contributed by atoms with Gasteiger partial charge in [0.1, 0.15) is 16.7 Å². The molecule has 5 heteroatoms. The highest BCUT2D eigenvalue weighted by atomic mass is 32.2. The number of benzene rings is 1. The molecule has 24 heavy (non-hydrogen) atoms. The Labute approximate surface area is 148 Å². The zero-order chi connectivity index (χ0) is 17.3. The average Bonchev–Trinajstić information content (AvgIpc) is 2.84. The second-order valence-corrected chi connectivity index (χ2v) is 8.01. The summed E-state index contributed by atoms with van der Waals surface area (Å²) in [5.74, 6) is 1.14. The molecule has 0 amide bonds. The summed E-state index contributed by atoms with van der Waals surface area (Å²) in [4.78, 5) is 18.0. The predicted molar refractivity (Wildman–Crippen MR) is 97.7 cm³/mol. The lowest BCUT2D eigenvalue weighted by atomic mass is 9.91. The Morgan fingerprint density at radius 2 is 1.96 bits per heavy atom. The maximum atomic E-state index is 12.8. The zero-order valence-electron chi connectivity index (χ0n) is 14.5. The molecule has 3 rings (SSSR count). The lowest BCUT2D eigenvalue weighted by molar-refractivity contribution is -0.116. The van der Waals surface area contributed by atoms with Gasteiger partial charge >= 0.3 is 0 Å². The first-order valence-electron chi connectivity index (χ1n) is 8.40. The smallest absolute Gasteiger partial charge is 0.190 e. The van der Waals surface area contributed by atoms with Crippen molar-refractivity contribution in [1.29, 1.82) is 5.26 Å². The van der Waals surface area contributed by atoms with Crippen molar-refractivity contribution in [1.82, 2.24) is 4.90 Å². The van der Waals surface area contributed by atoms with Gasteiger partial charge in [0, 0.05) is 25.0 Å². The minimum Gasteiger partial charge on any atom is -0.337 e. The van der Waals surface area contributed by atoms with Gasteiger partial charge in [0.2, 0.25) is 0 Å². The summed E-state index contributed by atoms with van der Waals surface area (Å²) in [6.07, 6.45) is 1.21. The Morgan fingerprint density at radius 3 is 2.58 bits per heavy atom. The van der Waals surface area contributed by atoms with Crippen LogP contribution < -0.4 is 4.90 Å². The molecule has 126 valence electrons. The van der Waals surface area contributed by atoms with E-state index in [-0.39, 0.29) is 11.4 Å². The van der Waals surface area contributed by atoms with Crippen molar-refractivity contribution in [3.8, 4) is 6.07 Å². The Hall–Kier alpha value is -1.77. The number of Topliss-reactive ketones (excluding diaryl/α,β-unsaturated/α-hetero) is 1. The Bertz CT molecular complexity index is 712. The molecular weight excluding hydrogens is 318 g/mol. The Morgan fingerprint density at radius 1 is 1.29 bits per heavy atom. The van der Waals surface area contributed by atoms with Crippen molar-refractivity contribution in [2.75, 3.05) is 31.6 Å². The standard InChI is InChI=1S/C19H23N3OS/c1-13-8-14(2)11-22(10-13)12-17(23)15(9-20)19-21(3)16-6-4-5-7-18(16)24-19/h4-7,13-14H,8,10-12H2,1-3H3/b19-15-/t13-,14-/m0/s1. The molecular formula is C19H23N3OS. The second kappa shape index (κ2) is 7.00. The monoisotopic (exact) mass is 341 g/mol. The molecule has 1 saturated heterocycles. The van der Waals surface area contributed by atoms with Crippen LogP contribution in [-0.4, -0.2) is 37.4 Å². The van der Waals surface area contributed by atoms with Crippen LogP contribution in [0.1, 0.15) is 20.3 Å². The number of anilines is 1. The molecule has 2 heterocycles. The van der Waals surface area contributed by atoms with Crippen LogP contribution in [0.15, 0.2) is 39.8 Å². The largest absolute Gasteiger partial charge is 0.337 e. The van der Waals surface area contributed by atoms with Crippen LogP contribution in [0.4, 0.5) is 5.69 Å². The van der Waals surface area contributed by atoms with Crippen LogP contribution in [-0.2, 0) is 4.79 Å². The highest BCUT2D eigenvalue weighted by Crippen LogP contribution is 2.46. The van der Waals surface area contributed by atoms with Crippen molar-refractivity contribution >= 4 is 23.2 Å². The fraction of sp³-hybridized carbons (Fsp3) is 0.474. The number of hydrogen-bond donors (Lipinski definition) is 0. The second-order valence-electron chi connectivity index (χ2n) is 6.98. The van der Waals surface area contributed by atoms with Crippen LogP contribution in [0.3, 0.4) is 0 Å². The normalized spacial score (nSPS) is 26.0. The summed E-state index contributed by atoms with van der Waals surface area (Å²) in [5.41, 5.74) is 1.34. The topological polar surface area (TPSA) is 47.3 Å². The van der Waals surface area contributed by atoms with Gasteiger partial charge < -0.3 is 4.90 Å². The van der Waals surface area contributed by atoms with Crippen molar-refractivity contribution in [2.24, 2.45) is 11.8 Å². The number of hydrogen-bond acceptors (Lipinski definition) is 5. The third-order valence-corrected chi connectivity index (χ3v) is 5.89. The molecule has 0 N–H and O–H groups in total. The summed E-state index contributed by atoms with van der Waals surface area (Å²) < 4.78 is 0. The number of likely N-dealkylation sites (tertiary alicyclic amines) is 1. The van der Waals surface area contributed by atoms with Crippen LogP contribution in [0.2, 0.25) is 0 Å². The Balaban J connectivity index is 1.80. The van der Waals surface area contributed by atoms with Gasteiger partial charge in [0.05, 0.1) is 12.2 Å². The Kier molecular flexibility index (Phi) is 4.98. The van der Waals surface area contributed by atoms with Gasteiger partial charge in [-0.15, -0.1) is 0 Å². The van der Waals surface area contributed by atoms with Gasteiger partial charge in [-0.3, -0.25) is 9.69 Å². The van der Waals surface area contributed by atoms with E-state index in [0.29, 0.717) is 18.4 Å². The van der Waals surface area contributed by atoms with E-state index in [1.165, 1.54) is 18.2 Å². The van der Waals surface area contributed by atoms with Crippen LogP contribution >= 0.6 is 11.8 Å². The molecule has 0 spiro atoms. The summed E-state index contributed by atoms with van der Waals surface area (Å²) in [5, 5.41) is 10.4. The average molecular weight is 341 g/mol. The molecule has 0 radical (unpaired) electrons. The molecule has 4 nitrogen and oxygen atoms in total. The third-order valence-electron chi connectivity index (χ3n) is 4.65. The third kappa shape index (κ3) is 3.35. The molecule has 0 aromatic heterocycles. The molecule has 0 aliphatic carbocycles. The molecule has 1 aromatic rings. The number of carbonyl (C=O) groups excluding carboxylic acids is 1. The van der Waals surface area contributed by atoms with E-state index in [4.69, 9.17) is 0 Å². The van der Waals surface area contributed by atoms with Crippen molar-refractivity contribution in [3.63, 3.8) is 0 Å². The number of nitriles is 1. The minimum absolute atomic E-state index is 0.0686. The molecule has 2 aliphatic rings. The lowest BCUT2D eigenvalue weighted by Crippen LogP contribution is -2.42. The zero-order valence-corrected chi connectivity index (χ0v) is 15.3. The number of fused-ring (bicyclic) bond motifs is 1. The summed E-state index contributed by atoms with van der Waals surface area (Å²) in [7, 11) is 1.92. The van der Waals surface area contributed by atoms with E-state index in [1.54, 1.807) is 0 Å². The van der Waals surface area contributed by atoms with Crippen molar-refractivity contribution in [3.05, 3.63) is 34.9 Å². The number of rotatable bonds is 3. The summed E-state index contributed by atoms with van der Waals surface area (Å²) in [6.45, 7) is 6.68.